The van der Waals surface area contributed by atoms with Crippen molar-refractivity contribution < 1.29 is 4.92 Å². The molecule has 0 saturated heterocycles. The molecule has 0 unspecified atom stereocenters. The number of rotatable bonds is 4. The van der Waals surface area contributed by atoms with Crippen molar-refractivity contribution in [1.29, 1.82) is 0 Å². The number of aromatic nitrogens is 4. The Kier molecular flexibility index (Phi) is 3.21. The smallest absolute Gasteiger partial charge is 0.390 e. The summed E-state index contributed by atoms with van der Waals surface area (Å²) in [4.78, 5) is 18.0. The molecule has 2 heterocycles. The van der Waals surface area contributed by atoms with Gasteiger partial charge in [-0.15, -0.1) is 11.3 Å². The lowest BCUT2D eigenvalue weighted by Crippen LogP contribution is -2.01. The molecule has 0 fully saturated rings. The van der Waals surface area contributed by atoms with Gasteiger partial charge in [0, 0.05) is 16.0 Å². The fraction of sp³-hybridized carbons (Fsp3) is 0.0833. The van der Waals surface area contributed by atoms with Crippen molar-refractivity contribution >= 4 is 17.3 Å². The van der Waals surface area contributed by atoms with E-state index < -0.39 is 10.9 Å². The van der Waals surface area contributed by atoms with Crippen molar-refractivity contribution in [2.45, 2.75) is 6.54 Å². The lowest BCUT2D eigenvalue weighted by Gasteiger charge is -1.94. The van der Waals surface area contributed by atoms with E-state index in [0.717, 1.165) is 16.3 Å². The first kappa shape index (κ1) is 12.4. The molecular weight excluding hydrogens is 278 g/mol. The van der Waals surface area contributed by atoms with Gasteiger partial charge in [-0.1, -0.05) is 35.3 Å². The first-order valence-corrected chi connectivity index (χ1v) is 6.64. The normalized spacial score (nSPS) is 10.6. The summed E-state index contributed by atoms with van der Waals surface area (Å²) >= 11 is 1.53. The zero-order valence-electron chi connectivity index (χ0n) is 10.2. The van der Waals surface area contributed by atoms with E-state index in [4.69, 9.17) is 0 Å². The van der Waals surface area contributed by atoms with E-state index in [1.165, 1.54) is 22.3 Å². The minimum atomic E-state index is -0.618. The van der Waals surface area contributed by atoms with Crippen LogP contribution in [-0.2, 0) is 6.54 Å². The molecule has 0 saturated carbocycles. The summed E-state index contributed by atoms with van der Waals surface area (Å²) in [6, 6.07) is 9.84. The van der Waals surface area contributed by atoms with Crippen LogP contribution in [0.25, 0.3) is 10.6 Å². The van der Waals surface area contributed by atoms with E-state index in [1.807, 2.05) is 35.7 Å². The second-order valence-electron chi connectivity index (χ2n) is 4.01. The van der Waals surface area contributed by atoms with E-state index >= 15 is 0 Å². The van der Waals surface area contributed by atoms with Gasteiger partial charge in [0.25, 0.3) is 0 Å². The van der Waals surface area contributed by atoms with E-state index in [9.17, 15) is 10.1 Å². The lowest BCUT2D eigenvalue weighted by molar-refractivity contribution is -0.394. The SMILES string of the molecule is O=[N+]([O-])c1ncn(Cc2csc(-c3ccccc3)n2)n1. The first-order chi connectivity index (χ1) is 9.72. The highest BCUT2D eigenvalue weighted by Gasteiger charge is 2.14. The molecule has 0 aliphatic heterocycles. The third kappa shape index (κ3) is 2.54. The molecule has 0 radical (unpaired) electrons. The topological polar surface area (TPSA) is 86.7 Å². The van der Waals surface area contributed by atoms with E-state index in [1.54, 1.807) is 0 Å². The van der Waals surface area contributed by atoms with Crippen molar-refractivity contribution in [3.8, 4) is 10.6 Å². The molecule has 8 heteroatoms. The molecule has 0 aliphatic carbocycles. The molecular formula is C12H9N5O2S. The Morgan fingerprint density at radius 2 is 2.10 bits per heavy atom. The van der Waals surface area contributed by atoms with Crippen molar-refractivity contribution in [2.24, 2.45) is 0 Å². The highest BCUT2D eigenvalue weighted by Crippen LogP contribution is 2.23. The Labute approximate surface area is 117 Å². The van der Waals surface area contributed by atoms with Crippen LogP contribution in [0.1, 0.15) is 5.69 Å². The van der Waals surface area contributed by atoms with Gasteiger partial charge in [-0.25, -0.2) is 4.98 Å². The predicted molar refractivity (Wildman–Crippen MR) is 73.3 cm³/mol. The molecule has 3 aromatic rings. The van der Waals surface area contributed by atoms with Crippen LogP contribution in [0, 0.1) is 10.1 Å². The van der Waals surface area contributed by atoms with Crippen molar-refractivity contribution in [3.63, 3.8) is 0 Å². The van der Waals surface area contributed by atoms with Crippen LogP contribution in [0.3, 0.4) is 0 Å². The average molecular weight is 287 g/mol. The summed E-state index contributed by atoms with van der Waals surface area (Å²) in [7, 11) is 0. The largest absolute Gasteiger partial charge is 0.490 e. The first-order valence-electron chi connectivity index (χ1n) is 5.76. The lowest BCUT2D eigenvalue weighted by atomic mass is 10.2. The van der Waals surface area contributed by atoms with Gasteiger partial charge < -0.3 is 10.1 Å². The maximum atomic E-state index is 10.5. The molecule has 1 aromatic carbocycles. The van der Waals surface area contributed by atoms with E-state index in [2.05, 4.69) is 15.1 Å². The second kappa shape index (κ2) is 5.17. The van der Waals surface area contributed by atoms with Crippen LogP contribution >= 0.6 is 11.3 Å². The van der Waals surface area contributed by atoms with Crippen LogP contribution in [0.4, 0.5) is 5.95 Å². The minimum absolute atomic E-state index is 0.365. The maximum absolute atomic E-state index is 10.5. The molecule has 2 aromatic heterocycles. The number of benzene rings is 1. The molecule has 0 atom stereocenters. The monoisotopic (exact) mass is 287 g/mol. The highest BCUT2D eigenvalue weighted by molar-refractivity contribution is 7.13. The number of hydrogen-bond donors (Lipinski definition) is 0. The number of nitrogens with zero attached hydrogens (tertiary/aromatic N) is 5. The van der Waals surface area contributed by atoms with Crippen LogP contribution in [0.5, 0.6) is 0 Å². The van der Waals surface area contributed by atoms with Crippen molar-refractivity contribution in [3.05, 3.63) is 57.8 Å². The van der Waals surface area contributed by atoms with Crippen LogP contribution in [0.15, 0.2) is 42.0 Å². The van der Waals surface area contributed by atoms with E-state index in [-0.39, 0.29) is 0 Å². The number of thiazole rings is 1. The minimum Gasteiger partial charge on any atom is -0.390 e. The standard InChI is InChI=1S/C12H9N5O2S/c18-17(19)12-13-8-16(15-12)6-10-7-20-11(14-10)9-4-2-1-3-5-9/h1-5,7-8H,6H2. The molecule has 100 valence electrons. The zero-order valence-corrected chi connectivity index (χ0v) is 11.0. The Morgan fingerprint density at radius 1 is 1.30 bits per heavy atom. The third-order valence-corrected chi connectivity index (χ3v) is 3.52. The number of nitro groups is 1. The van der Waals surface area contributed by atoms with Crippen molar-refractivity contribution in [2.75, 3.05) is 0 Å². The Balaban J connectivity index is 1.78. The van der Waals surface area contributed by atoms with Gasteiger partial charge in [0.2, 0.25) is 6.33 Å². The number of hydrogen-bond acceptors (Lipinski definition) is 6. The quantitative estimate of drug-likeness (QED) is 0.543. The average Bonchev–Trinajstić information content (AvgIpc) is 3.10. The Bertz CT molecular complexity index is 737. The fourth-order valence-corrected chi connectivity index (χ4v) is 2.52. The second-order valence-corrected chi connectivity index (χ2v) is 4.87. The molecule has 0 aliphatic rings. The van der Waals surface area contributed by atoms with Crippen molar-refractivity contribution in [1.82, 2.24) is 19.7 Å². The molecule has 3 rings (SSSR count). The predicted octanol–water partition coefficient (Wildman–Crippen LogP) is 2.36. The van der Waals surface area contributed by atoms with Gasteiger partial charge >= 0.3 is 5.95 Å². The summed E-state index contributed by atoms with van der Waals surface area (Å²) in [6.45, 7) is 0.365. The van der Waals surface area contributed by atoms with Gasteiger partial charge in [-0.3, -0.25) is 0 Å². The summed E-state index contributed by atoms with van der Waals surface area (Å²) in [5, 5.41) is 17.1. The van der Waals surface area contributed by atoms with Crippen LogP contribution in [-0.4, -0.2) is 24.7 Å². The summed E-state index contributed by atoms with van der Waals surface area (Å²) in [5.41, 5.74) is 1.85. The van der Waals surface area contributed by atoms with E-state index in [0.29, 0.717) is 6.54 Å². The van der Waals surface area contributed by atoms with Crippen LogP contribution in [0.2, 0.25) is 0 Å². The summed E-state index contributed by atoms with van der Waals surface area (Å²) in [6.07, 6.45) is 1.33. The third-order valence-electron chi connectivity index (χ3n) is 2.58. The van der Waals surface area contributed by atoms with Gasteiger partial charge in [-0.2, -0.15) is 4.68 Å². The molecule has 0 bridgehead atoms. The summed E-state index contributed by atoms with van der Waals surface area (Å²) < 4.78 is 1.40. The van der Waals surface area contributed by atoms with Gasteiger partial charge in [-0.05, 0) is 4.92 Å². The van der Waals surface area contributed by atoms with Gasteiger partial charge in [0.15, 0.2) is 0 Å². The molecule has 0 spiro atoms. The van der Waals surface area contributed by atoms with Gasteiger partial charge in [0.1, 0.15) is 11.6 Å². The molecule has 0 amide bonds. The Morgan fingerprint density at radius 3 is 2.80 bits per heavy atom. The van der Waals surface area contributed by atoms with Crippen LogP contribution < -0.4 is 0 Å². The molecule has 20 heavy (non-hydrogen) atoms. The summed E-state index contributed by atoms with van der Waals surface area (Å²) in [5.74, 6) is -0.400. The molecule has 0 N–H and O–H groups in total. The fourth-order valence-electron chi connectivity index (χ4n) is 1.70. The highest BCUT2D eigenvalue weighted by atomic mass is 32.1. The maximum Gasteiger partial charge on any atom is 0.490 e. The zero-order chi connectivity index (χ0) is 13.9. The Hall–Kier alpha value is -2.61. The van der Waals surface area contributed by atoms with Gasteiger partial charge in [0.05, 0.1) is 5.69 Å². The molecule has 7 nitrogen and oxygen atoms in total.